The molecule has 0 atom stereocenters. The number of thiophene rings is 1. The Hall–Kier alpha value is -3.29. The summed E-state index contributed by atoms with van der Waals surface area (Å²) >= 11 is 2.87. The van der Waals surface area contributed by atoms with Gasteiger partial charge in [0.05, 0.1) is 22.0 Å². The van der Waals surface area contributed by atoms with E-state index < -0.39 is 0 Å². The van der Waals surface area contributed by atoms with E-state index in [0.717, 1.165) is 39.3 Å². The predicted molar refractivity (Wildman–Crippen MR) is 129 cm³/mol. The summed E-state index contributed by atoms with van der Waals surface area (Å²) in [5, 5.41) is 11.2. The van der Waals surface area contributed by atoms with Crippen molar-refractivity contribution in [3.05, 3.63) is 82.2 Å². The lowest BCUT2D eigenvalue weighted by Crippen LogP contribution is -2.09. The molecule has 1 N–H and O–H groups in total. The minimum Gasteiger partial charge on any atom is -0.297 e. The Morgan fingerprint density at radius 2 is 1.87 bits per heavy atom. The van der Waals surface area contributed by atoms with Gasteiger partial charge in [0.2, 0.25) is 0 Å². The molecule has 0 saturated heterocycles. The van der Waals surface area contributed by atoms with Gasteiger partial charge in [-0.05, 0) is 37.1 Å². The van der Waals surface area contributed by atoms with Gasteiger partial charge >= 0.3 is 0 Å². The monoisotopic (exact) mass is 444 g/mol. The molecule has 0 saturated carbocycles. The second-order valence-electron chi connectivity index (χ2n) is 7.20. The Morgan fingerprint density at radius 1 is 1.10 bits per heavy atom. The molecule has 5 rings (SSSR count). The van der Waals surface area contributed by atoms with Gasteiger partial charge in [0.1, 0.15) is 4.83 Å². The number of anilines is 1. The van der Waals surface area contributed by atoms with Crippen molar-refractivity contribution in [3.63, 3.8) is 0 Å². The number of fused-ring (bicyclic) bond motifs is 1. The average molecular weight is 445 g/mol. The van der Waals surface area contributed by atoms with Crippen LogP contribution in [0.2, 0.25) is 0 Å². The highest BCUT2D eigenvalue weighted by Gasteiger charge is 2.18. The van der Waals surface area contributed by atoms with Crippen LogP contribution < -0.4 is 5.32 Å². The Morgan fingerprint density at radius 3 is 2.61 bits per heavy atom. The summed E-state index contributed by atoms with van der Waals surface area (Å²) in [5.74, 6) is -0.151. The first-order chi connectivity index (χ1) is 15.1. The maximum atomic E-state index is 12.9. The van der Waals surface area contributed by atoms with Crippen molar-refractivity contribution in [1.82, 2.24) is 14.8 Å². The van der Waals surface area contributed by atoms with Crippen molar-refractivity contribution in [2.75, 3.05) is 5.32 Å². The van der Waals surface area contributed by atoms with E-state index >= 15 is 0 Å². The van der Waals surface area contributed by atoms with Crippen LogP contribution in [0.15, 0.2) is 66.0 Å². The van der Waals surface area contributed by atoms with Gasteiger partial charge in [-0.3, -0.25) is 10.1 Å². The molecular weight excluding hydrogens is 424 g/mol. The Balaban J connectivity index is 1.39. The number of thiazole rings is 1. The summed E-state index contributed by atoms with van der Waals surface area (Å²) in [4.78, 5) is 19.1. The molecule has 5 nitrogen and oxygen atoms in total. The lowest BCUT2D eigenvalue weighted by molar-refractivity contribution is 0.103. The zero-order valence-electron chi connectivity index (χ0n) is 17.1. The van der Waals surface area contributed by atoms with Crippen LogP contribution in [0.5, 0.6) is 0 Å². The standard InChI is InChI=1S/C24H20N4OS2/c1-3-16-9-11-17(12-10-16)20-14-30-24(25-20)26-22(29)21-13-19-15(2)27-28(23(19)31-21)18-7-5-4-6-8-18/h4-14H,3H2,1-2H3,(H,25,26,29). The fourth-order valence-corrected chi connectivity index (χ4v) is 5.23. The first kappa shape index (κ1) is 19.7. The summed E-state index contributed by atoms with van der Waals surface area (Å²) in [6, 6.07) is 20.2. The molecule has 31 heavy (non-hydrogen) atoms. The number of aryl methyl sites for hydroxylation is 2. The third-order valence-corrected chi connectivity index (χ3v) is 7.02. The SMILES string of the molecule is CCc1ccc(-c2csc(NC(=O)c3cc4c(C)nn(-c5ccccc5)c4s3)n2)cc1. The number of carbonyl (C=O) groups is 1. The molecule has 154 valence electrons. The molecule has 1 amide bonds. The molecule has 0 bridgehead atoms. The summed E-state index contributed by atoms with van der Waals surface area (Å²) in [6.07, 6.45) is 1.01. The molecule has 5 aromatic rings. The summed E-state index contributed by atoms with van der Waals surface area (Å²) in [6.45, 7) is 4.10. The first-order valence-corrected chi connectivity index (χ1v) is 11.7. The topological polar surface area (TPSA) is 59.8 Å². The van der Waals surface area contributed by atoms with Crippen molar-refractivity contribution in [2.45, 2.75) is 20.3 Å². The highest BCUT2D eigenvalue weighted by Crippen LogP contribution is 2.31. The molecule has 0 aliphatic carbocycles. The van der Waals surface area contributed by atoms with Crippen molar-refractivity contribution >= 4 is 43.9 Å². The number of hydrogen-bond acceptors (Lipinski definition) is 5. The third-order valence-electron chi connectivity index (χ3n) is 5.15. The fraction of sp³-hybridized carbons (Fsp3) is 0.125. The number of aromatic nitrogens is 3. The van der Waals surface area contributed by atoms with Crippen molar-refractivity contribution in [1.29, 1.82) is 0 Å². The van der Waals surface area contributed by atoms with Crippen LogP contribution in [-0.4, -0.2) is 20.7 Å². The number of benzene rings is 2. The molecule has 7 heteroatoms. The van der Waals surface area contributed by atoms with Crippen LogP contribution in [-0.2, 0) is 6.42 Å². The number of nitrogens with one attached hydrogen (secondary N) is 1. The smallest absolute Gasteiger partial charge is 0.267 e. The number of para-hydroxylation sites is 1. The molecule has 0 spiro atoms. The first-order valence-electron chi connectivity index (χ1n) is 10.0. The van der Waals surface area contributed by atoms with Gasteiger partial charge in [0.15, 0.2) is 5.13 Å². The Kier molecular flexibility index (Phi) is 5.13. The van der Waals surface area contributed by atoms with Gasteiger partial charge in [0, 0.05) is 16.3 Å². The lowest BCUT2D eigenvalue weighted by atomic mass is 10.1. The van der Waals surface area contributed by atoms with Crippen molar-refractivity contribution in [3.8, 4) is 16.9 Å². The maximum Gasteiger partial charge on any atom is 0.267 e. The number of nitrogens with zero attached hydrogens (tertiary/aromatic N) is 3. The zero-order valence-corrected chi connectivity index (χ0v) is 18.8. The van der Waals surface area contributed by atoms with Gasteiger partial charge < -0.3 is 0 Å². The van der Waals surface area contributed by atoms with Crippen molar-refractivity contribution in [2.24, 2.45) is 0 Å². The number of amides is 1. The summed E-state index contributed by atoms with van der Waals surface area (Å²) < 4.78 is 1.90. The van der Waals surface area contributed by atoms with E-state index in [9.17, 15) is 4.79 Å². The molecule has 0 radical (unpaired) electrons. The molecule has 0 unspecified atom stereocenters. The minimum absolute atomic E-state index is 0.151. The van der Waals surface area contributed by atoms with Gasteiger partial charge in [0.25, 0.3) is 5.91 Å². The lowest BCUT2D eigenvalue weighted by Gasteiger charge is -2.01. The quantitative estimate of drug-likeness (QED) is 0.344. The normalized spacial score (nSPS) is 11.2. The van der Waals surface area contributed by atoms with E-state index in [1.165, 1.54) is 28.2 Å². The van der Waals surface area contributed by atoms with Gasteiger partial charge in [-0.15, -0.1) is 22.7 Å². The molecule has 0 fully saturated rings. The maximum absolute atomic E-state index is 12.9. The molecule has 3 aromatic heterocycles. The number of carbonyl (C=O) groups excluding carboxylic acids is 1. The van der Waals surface area contributed by atoms with Crippen LogP contribution in [0.4, 0.5) is 5.13 Å². The van der Waals surface area contributed by atoms with E-state index in [4.69, 9.17) is 0 Å². The van der Waals surface area contributed by atoms with E-state index in [2.05, 4.69) is 46.6 Å². The fourth-order valence-electron chi connectivity index (χ4n) is 3.44. The van der Waals surface area contributed by atoms with E-state index in [-0.39, 0.29) is 5.91 Å². The van der Waals surface area contributed by atoms with Crippen LogP contribution in [0.25, 0.3) is 27.2 Å². The van der Waals surface area contributed by atoms with E-state index in [1.54, 1.807) is 0 Å². The highest BCUT2D eigenvalue weighted by atomic mass is 32.1. The van der Waals surface area contributed by atoms with Gasteiger partial charge in [-0.1, -0.05) is 49.4 Å². The van der Waals surface area contributed by atoms with Crippen molar-refractivity contribution < 1.29 is 4.79 Å². The summed E-state index contributed by atoms with van der Waals surface area (Å²) in [7, 11) is 0. The summed E-state index contributed by atoms with van der Waals surface area (Å²) in [5.41, 5.74) is 5.10. The van der Waals surface area contributed by atoms with Crippen LogP contribution in [0.1, 0.15) is 27.9 Å². The molecule has 0 aliphatic heterocycles. The highest BCUT2D eigenvalue weighted by molar-refractivity contribution is 7.20. The van der Waals surface area contributed by atoms with Crippen LogP contribution in [0, 0.1) is 6.92 Å². The number of hydrogen-bond donors (Lipinski definition) is 1. The van der Waals surface area contributed by atoms with Gasteiger partial charge in [-0.25, -0.2) is 9.67 Å². The molecule has 3 heterocycles. The molecule has 2 aromatic carbocycles. The molecular formula is C24H20N4OS2. The molecule has 0 aliphatic rings. The Bertz CT molecular complexity index is 1360. The average Bonchev–Trinajstić information content (AvgIpc) is 3.51. The Labute approximate surface area is 188 Å². The minimum atomic E-state index is -0.151. The predicted octanol–water partition coefficient (Wildman–Crippen LogP) is 6.33. The second-order valence-corrected chi connectivity index (χ2v) is 9.09. The van der Waals surface area contributed by atoms with E-state index in [0.29, 0.717) is 10.0 Å². The largest absolute Gasteiger partial charge is 0.297 e. The number of rotatable bonds is 5. The van der Waals surface area contributed by atoms with Crippen LogP contribution >= 0.6 is 22.7 Å². The zero-order chi connectivity index (χ0) is 21.4. The second kappa shape index (κ2) is 8.09. The third kappa shape index (κ3) is 3.78. The van der Waals surface area contributed by atoms with Gasteiger partial charge in [-0.2, -0.15) is 5.10 Å². The van der Waals surface area contributed by atoms with Crippen LogP contribution in [0.3, 0.4) is 0 Å². The van der Waals surface area contributed by atoms with E-state index in [1.807, 2.05) is 53.4 Å².